The highest BCUT2D eigenvalue weighted by Crippen LogP contribution is 2.41. The van der Waals surface area contributed by atoms with Crippen molar-refractivity contribution in [3.8, 4) is 0 Å². The lowest BCUT2D eigenvalue weighted by atomic mass is 9.82. The largest absolute Gasteiger partial charge is 0.481 e. The van der Waals surface area contributed by atoms with Crippen molar-refractivity contribution in [3.63, 3.8) is 0 Å². The van der Waals surface area contributed by atoms with Crippen LogP contribution in [-0.4, -0.2) is 48.7 Å². The number of nitrogens with one attached hydrogen (secondary N) is 1. The number of allylic oxidation sites excluding steroid dienone is 3. The number of carboxylic acids is 2. The number of hydrogen-bond donors (Lipinski definition) is 3. The van der Waals surface area contributed by atoms with Crippen molar-refractivity contribution in [2.45, 2.75) is 79.8 Å². The van der Waals surface area contributed by atoms with Gasteiger partial charge in [0.05, 0.1) is 56.8 Å². The van der Waals surface area contributed by atoms with Crippen LogP contribution in [0.15, 0.2) is 56.8 Å². The monoisotopic (exact) mass is 765 g/mol. The van der Waals surface area contributed by atoms with Gasteiger partial charge in [-0.3, -0.25) is 9.79 Å². The molecule has 13 heteroatoms. The third-order valence-corrected chi connectivity index (χ3v) is 11.3. The molecule has 0 spiro atoms. The highest BCUT2D eigenvalue weighted by molar-refractivity contribution is 6.25. The molecule has 0 amide bonds. The molecule has 3 aromatic rings. The van der Waals surface area contributed by atoms with Crippen molar-refractivity contribution in [1.82, 2.24) is 9.35 Å². The molecule has 4 aliphatic rings. The molecular formula is C43H42F3N5O5. The topological polar surface area (TPSA) is 138 Å². The van der Waals surface area contributed by atoms with E-state index in [4.69, 9.17) is 9.98 Å². The van der Waals surface area contributed by atoms with E-state index in [9.17, 15) is 37.8 Å². The molecule has 56 heavy (non-hydrogen) atoms. The van der Waals surface area contributed by atoms with Crippen LogP contribution in [0.5, 0.6) is 0 Å². The van der Waals surface area contributed by atoms with E-state index in [1.165, 1.54) is 19.1 Å². The van der Waals surface area contributed by atoms with E-state index in [0.29, 0.717) is 76.4 Å². The summed E-state index contributed by atoms with van der Waals surface area (Å²) in [5, 5.41) is 21.9. The number of fused-ring (bicyclic) bond motifs is 2. The second-order valence-corrected chi connectivity index (χ2v) is 14.8. The normalized spacial score (nSPS) is 18.6. The van der Waals surface area contributed by atoms with E-state index in [0.717, 1.165) is 34.4 Å². The Bertz CT molecular complexity index is 2560. The van der Waals surface area contributed by atoms with Gasteiger partial charge in [-0.15, -0.1) is 0 Å². The fourth-order valence-electron chi connectivity index (χ4n) is 8.33. The Morgan fingerprint density at radius 3 is 2.27 bits per heavy atom. The predicted octanol–water partition coefficient (Wildman–Crippen LogP) is 7.56. The van der Waals surface area contributed by atoms with Crippen molar-refractivity contribution in [1.29, 1.82) is 0 Å². The second kappa shape index (κ2) is 14.3. The summed E-state index contributed by atoms with van der Waals surface area (Å²) >= 11 is 0. The zero-order valence-corrected chi connectivity index (χ0v) is 31.9. The minimum Gasteiger partial charge on any atom is -0.481 e. The van der Waals surface area contributed by atoms with Crippen LogP contribution in [0, 0.1) is 25.7 Å². The van der Waals surface area contributed by atoms with Crippen LogP contribution in [0.3, 0.4) is 0 Å². The first kappa shape index (κ1) is 38.3. The number of carbonyl (C=O) groups is 3. The quantitative estimate of drug-likeness (QED) is 0.195. The molecule has 6 bridgehead atoms. The van der Waals surface area contributed by atoms with Crippen LogP contribution in [0.2, 0.25) is 0 Å². The number of benzene rings is 1. The molecule has 3 N–H and O–H groups in total. The Hall–Kier alpha value is -5.98. The Labute approximate surface area is 321 Å². The summed E-state index contributed by atoms with van der Waals surface area (Å²) in [7, 11) is 0. The van der Waals surface area contributed by atoms with Crippen molar-refractivity contribution in [3.05, 3.63) is 102 Å². The molecule has 0 saturated heterocycles. The zero-order chi connectivity index (χ0) is 40.4. The van der Waals surface area contributed by atoms with E-state index in [1.807, 2.05) is 56.7 Å². The van der Waals surface area contributed by atoms with Gasteiger partial charge in [-0.1, -0.05) is 38.1 Å². The Morgan fingerprint density at radius 2 is 1.64 bits per heavy atom. The SMILES string of the molecule is CCC1=C(C)C2=Cc3c(/C=C/c4ccc(C(F)(F)F)cc4)c(C)c4n3Nn3c(c(C)c(C(=O)O)c3=C(CC(=O)O)C3=NC(=C4)[C@@H](C)[C@@H]3CCCC(C)=O)=CC1=N2. The number of carbonyl (C=O) groups excluding carboxylic acids is 1. The van der Waals surface area contributed by atoms with Gasteiger partial charge in [0.25, 0.3) is 0 Å². The number of Topliss-reactive ketones (excluding diaryl/α,β-unsaturated/α-hetero) is 1. The van der Waals surface area contributed by atoms with Gasteiger partial charge in [-0.2, -0.15) is 13.2 Å². The average Bonchev–Trinajstić information content (AvgIpc) is 3.77. The second-order valence-electron chi connectivity index (χ2n) is 14.8. The van der Waals surface area contributed by atoms with Gasteiger partial charge < -0.3 is 15.0 Å². The van der Waals surface area contributed by atoms with Crippen LogP contribution in [0.4, 0.5) is 13.2 Å². The summed E-state index contributed by atoms with van der Waals surface area (Å²) in [6.45, 7) is 11.2. The lowest BCUT2D eigenvalue weighted by molar-refractivity contribution is -0.138. The molecule has 2 atom stereocenters. The van der Waals surface area contributed by atoms with E-state index >= 15 is 0 Å². The third kappa shape index (κ3) is 6.58. The fourth-order valence-corrected chi connectivity index (χ4v) is 8.33. The highest BCUT2D eigenvalue weighted by atomic mass is 19.4. The number of rotatable bonds is 10. The number of aromatic carboxylic acids is 1. The first-order chi connectivity index (χ1) is 26.5. The van der Waals surface area contributed by atoms with Crippen LogP contribution >= 0.6 is 0 Å². The van der Waals surface area contributed by atoms with E-state index in [1.54, 1.807) is 17.7 Å². The Kier molecular flexibility index (Phi) is 9.76. The predicted molar refractivity (Wildman–Crippen MR) is 211 cm³/mol. The maximum absolute atomic E-state index is 13.4. The molecule has 4 aliphatic heterocycles. The van der Waals surface area contributed by atoms with Gasteiger partial charge in [0.15, 0.2) is 0 Å². The standard InChI is InChI=1S/C43H42F3N5O5/c1-7-28-22(3)32-19-37-29(16-13-26-11-14-27(15-12-26)43(44,45)46)24(5)35-18-33-23(4)30(10-8-9-21(2)52)40(48-33)31(17-38(53)54)41-39(42(55)56)25(6)36(20-34(28)47-32)51(41)49-50(35)37/h11-16,18-20,23,30,49H,7-10,17H2,1-6H3,(H,53,54)(H,55,56)/b16-13+,32-19?,33-18?,34-20?,35-18?,36-20?,37-19?,40-31?,41-31?/t23-,30-/m0/s1. The van der Waals surface area contributed by atoms with Crippen molar-refractivity contribution >= 4 is 65.1 Å². The molecule has 0 unspecified atom stereocenters. The molecule has 290 valence electrons. The lowest BCUT2D eigenvalue weighted by Crippen LogP contribution is -2.42. The zero-order valence-electron chi connectivity index (χ0n) is 31.9. The summed E-state index contributed by atoms with van der Waals surface area (Å²) in [4.78, 5) is 48.2. The van der Waals surface area contributed by atoms with Gasteiger partial charge in [0.1, 0.15) is 5.78 Å². The number of carboxylic acid groups (broad SMARTS) is 2. The maximum atomic E-state index is 13.4. The van der Waals surface area contributed by atoms with E-state index in [2.05, 4.69) is 5.53 Å². The Morgan fingerprint density at radius 1 is 0.929 bits per heavy atom. The number of halogens is 3. The number of aliphatic carboxylic acids is 1. The van der Waals surface area contributed by atoms with Gasteiger partial charge in [-0.25, -0.2) is 24.7 Å². The smallest absolute Gasteiger partial charge is 0.416 e. The lowest BCUT2D eigenvalue weighted by Gasteiger charge is -2.20. The molecular weight excluding hydrogens is 723 g/mol. The van der Waals surface area contributed by atoms with Gasteiger partial charge in [-0.05, 0) is 105 Å². The molecule has 0 radical (unpaired) electrons. The van der Waals surface area contributed by atoms with Crippen LogP contribution in [-0.2, 0) is 15.8 Å². The number of aromatic nitrogens is 2. The van der Waals surface area contributed by atoms with Gasteiger partial charge in [0.2, 0.25) is 0 Å². The van der Waals surface area contributed by atoms with Crippen LogP contribution < -0.4 is 16.2 Å². The minimum atomic E-state index is -4.47. The number of aliphatic imine (C=N–C) groups is 2. The molecule has 0 saturated carbocycles. The number of hydrogen-bond acceptors (Lipinski definition) is 6. The van der Waals surface area contributed by atoms with Crippen LogP contribution in [0.25, 0.3) is 36.0 Å². The summed E-state index contributed by atoms with van der Waals surface area (Å²) in [6, 6.07) is 4.90. The number of nitrogens with zero attached hydrogens (tertiary/aromatic N) is 4. The highest BCUT2D eigenvalue weighted by Gasteiger charge is 2.38. The van der Waals surface area contributed by atoms with Crippen molar-refractivity contribution in [2.75, 3.05) is 5.53 Å². The van der Waals surface area contributed by atoms with Crippen molar-refractivity contribution < 1.29 is 37.8 Å². The maximum Gasteiger partial charge on any atom is 0.416 e. The molecule has 0 aliphatic carbocycles. The van der Waals surface area contributed by atoms with E-state index in [-0.39, 0.29) is 34.1 Å². The van der Waals surface area contributed by atoms with Crippen molar-refractivity contribution in [2.24, 2.45) is 21.8 Å². The third-order valence-electron chi connectivity index (χ3n) is 11.3. The molecule has 1 aromatic carbocycles. The summed E-state index contributed by atoms with van der Waals surface area (Å²) < 4.78 is 43.6. The summed E-state index contributed by atoms with van der Waals surface area (Å²) in [5.41, 5.74) is 11.1. The summed E-state index contributed by atoms with van der Waals surface area (Å²) in [5.74, 6) is -2.91. The van der Waals surface area contributed by atoms with Gasteiger partial charge >= 0.3 is 18.1 Å². The fraction of sp³-hybridized carbons (Fsp3) is 0.326. The molecule has 6 heterocycles. The minimum absolute atomic E-state index is 0.0325. The molecule has 7 rings (SSSR count). The summed E-state index contributed by atoms with van der Waals surface area (Å²) in [6.07, 6.45) is 6.35. The average molecular weight is 766 g/mol. The molecule has 0 fully saturated rings. The van der Waals surface area contributed by atoms with E-state index < -0.39 is 30.1 Å². The number of alkyl halides is 3. The molecule has 2 aromatic heterocycles. The van der Waals surface area contributed by atoms with Crippen LogP contribution in [0.1, 0.15) is 109 Å². The molecule has 10 nitrogen and oxygen atoms in total. The van der Waals surface area contributed by atoms with Gasteiger partial charge in [0, 0.05) is 35.1 Å². The first-order valence-electron chi connectivity index (χ1n) is 18.6. The Balaban J connectivity index is 1.60. The number of ketones is 1. The first-order valence-corrected chi connectivity index (χ1v) is 18.6.